The summed E-state index contributed by atoms with van der Waals surface area (Å²) in [7, 11) is 1.35. The zero-order valence-electron chi connectivity index (χ0n) is 12.2. The van der Waals surface area contributed by atoms with Gasteiger partial charge >= 0.3 is 5.97 Å². The number of benzene rings is 2. The zero-order chi connectivity index (χ0) is 15.6. The van der Waals surface area contributed by atoms with Gasteiger partial charge in [0.15, 0.2) is 5.78 Å². The van der Waals surface area contributed by atoms with Gasteiger partial charge in [0, 0.05) is 24.0 Å². The van der Waals surface area contributed by atoms with Gasteiger partial charge in [-0.3, -0.25) is 4.79 Å². The predicted molar refractivity (Wildman–Crippen MR) is 80.9 cm³/mol. The van der Waals surface area contributed by atoms with Crippen molar-refractivity contribution in [3.8, 4) is 5.75 Å². The van der Waals surface area contributed by atoms with E-state index in [1.165, 1.54) is 7.11 Å². The third-order valence-electron chi connectivity index (χ3n) is 3.73. The summed E-state index contributed by atoms with van der Waals surface area (Å²) in [5, 5.41) is 0. The fraction of sp³-hybridized carbons (Fsp3) is 0.222. The van der Waals surface area contributed by atoms with Crippen LogP contribution in [0.3, 0.4) is 0 Å². The fourth-order valence-corrected chi connectivity index (χ4v) is 2.30. The van der Waals surface area contributed by atoms with Crippen LogP contribution in [0.5, 0.6) is 5.75 Å². The van der Waals surface area contributed by atoms with Gasteiger partial charge in [-0.2, -0.15) is 0 Å². The van der Waals surface area contributed by atoms with E-state index >= 15 is 0 Å². The molecule has 0 N–H and O–H groups in total. The number of carbonyl (C=O) groups is 2. The van der Waals surface area contributed by atoms with Gasteiger partial charge in [0.1, 0.15) is 5.75 Å². The zero-order valence-corrected chi connectivity index (χ0v) is 12.2. The molecule has 0 heterocycles. The minimum absolute atomic E-state index is 0.0405. The molecule has 1 fully saturated rings. The molecule has 1 aliphatic carbocycles. The molecule has 0 bridgehead atoms. The normalized spacial score (nSPS) is 15.0. The predicted octanol–water partition coefficient (Wildman–Crippen LogP) is 3.00. The minimum atomic E-state index is -0.834. The van der Waals surface area contributed by atoms with E-state index in [-0.39, 0.29) is 11.8 Å². The van der Waals surface area contributed by atoms with E-state index in [4.69, 9.17) is 9.47 Å². The van der Waals surface area contributed by atoms with Crippen LogP contribution >= 0.6 is 0 Å². The van der Waals surface area contributed by atoms with Crippen molar-refractivity contribution in [1.29, 1.82) is 0 Å². The Bertz CT molecular complexity index is 685. The Morgan fingerprint density at radius 2 is 1.50 bits per heavy atom. The molecule has 0 unspecified atom stereocenters. The van der Waals surface area contributed by atoms with Crippen LogP contribution in [0.2, 0.25) is 0 Å². The molecule has 0 aromatic heterocycles. The highest BCUT2D eigenvalue weighted by atomic mass is 16.6. The number of esters is 1. The molecule has 0 spiro atoms. The van der Waals surface area contributed by atoms with Crippen LogP contribution in [-0.4, -0.2) is 24.5 Å². The molecule has 0 radical (unpaired) electrons. The summed E-state index contributed by atoms with van der Waals surface area (Å²) >= 11 is 0. The third-order valence-corrected chi connectivity index (χ3v) is 3.73. The second-order valence-electron chi connectivity index (χ2n) is 5.31. The van der Waals surface area contributed by atoms with Gasteiger partial charge in [-0.1, -0.05) is 30.3 Å². The Kier molecular flexibility index (Phi) is 3.67. The maximum absolute atomic E-state index is 12.3. The molecule has 3 rings (SSSR count). The van der Waals surface area contributed by atoms with Gasteiger partial charge in [-0.05, 0) is 24.3 Å². The Labute approximate surface area is 128 Å². The second kappa shape index (κ2) is 5.64. The van der Waals surface area contributed by atoms with E-state index in [1.807, 2.05) is 18.2 Å². The first-order valence-electron chi connectivity index (χ1n) is 7.12. The molecule has 1 saturated carbocycles. The van der Waals surface area contributed by atoms with Crippen LogP contribution < -0.4 is 4.74 Å². The standard InChI is InChI=1S/C18H16O4/c1-21-17(20)18(11-12-18)22-15-9-7-14(8-10-15)16(19)13-5-3-2-4-6-13/h2-10H,11-12H2,1H3. The van der Waals surface area contributed by atoms with E-state index < -0.39 is 5.60 Å². The largest absolute Gasteiger partial charge is 0.476 e. The van der Waals surface area contributed by atoms with Crippen molar-refractivity contribution in [2.75, 3.05) is 7.11 Å². The van der Waals surface area contributed by atoms with Crippen LogP contribution in [0.1, 0.15) is 28.8 Å². The second-order valence-corrected chi connectivity index (χ2v) is 5.31. The topological polar surface area (TPSA) is 52.6 Å². The summed E-state index contributed by atoms with van der Waals surface area (Å²) in [6, 6.07) is 15.9. The minimum Gasteiger partial charge on any atom is -0.476 e. The maximum atomic E-state index is 12.3. The molecule has 22 heavy (non-hydrogen) atoms. The molecule has 2 aromatic carbocycles. The molecule has 0 aliphatic heterocycles. The Hall–Kier alpha value is -2.62. The first-order chi connectivity index (χ1) is 10.6. The van der Waals surface area contributed by atoms with Crippen molar-refractivity contribution < 1.29 is 19.1 Å². The van der Waals surface area contributed by atoms with Crippen molar-refractivity contribution in [2.45, 2.75) is 18.4 Å². The number of methoxy groups -OCH3 is 1. The average molecular weight is 296 g/mol. The van der Waals surface area contributed by atoms with Crippen molar-refractivity contribution in [3.63, 3.8) is 0 Å². The van der Waals surface area contributed by atoms with E-state index in [0.29, 0.717) is 29.7 Å². The summed E-state index contributed by atoms with van der Waals surface area (Å²) in [5.41, 5.74) is 0.394. The average Bonchev–Trinajstić information content (AvgIpc) is 3.35. The molecule has 0 atom stereocenters. The first kappa shape index (κ1) is 14.3. The van der Waals surface area contributed by atoms with Crippen molar-refractivity contribution in [3.05, 3.63) is 65.7 Å². The van der Waals surface area contributed by atoms with E-state index in [9.17, 15) is 9.59 Å². The van der Waals surface area contributed by atoms with Gasteiger partial charge in [0.25, 0.3) is 0 Å². The van der Waals surface area contributed by atoms with Crippen molar-refractivity contribution in [1.82, 2.24) is 0 Å². The van der Waals surface area contributed by atoms with Gasteiger partial charge < -0.3 is 9.47 Å². The summed E-state index contributed by atoms with van der Waals surface area (Å²) in [4.78, 5) is 24.0. The van der Waals surface area contributed by atoms with Gasteiger partial charge in [-0.15, -0.1) is 0 Å². The molecular weight excluding hydrogens is 280 g/mol. The van der Waals surface area contributed by atoms with Crippen LogP contribution in [0.25, 0.3) is 0 Å². The summed E-state index contributed by atoms with van der Waals surface area (Å²) in [6.07, 6.45) is 1.31. The molecule has 2 aromatic rings. The number of rotatable bonds is 5. The number of ether oxygens (including phenoxy) is 2. The Balaban J connectivity index is 1.74. The SMILES string of the molecule is COC(=O)C1(Oc2ccc(C(=O)c3ccccc3)cc2)CC1. The van der Waals surface area contributed by atoms with Crippen LogP contribution in [-0.2, 0) is 9.53 Å². The molecule has 112 valence electrons. The smallest absolute Gasteiger partial charge is 0.350 e. The maximum Gasteiger partial charge on any atom is 0.350 e. The van der Waals surface area contributed by atoms with Crippen molar-refractivity contribution >= 4 is 11.8 Å². The van der Waals surface area contributed by atoms with Crippen LogP contribution in [0.15, 0.2) is 54.6 Å². The molecular formula is C18H16O4. The van der Waals surface area contributed by atoms with E-state index in [0.717, 1.165) is 0 Å². The molecule has 4 nitrogen and oxygen atoms in total. The summed E-state index contributed by atoms with van der Waals surface area (Å²) in [5.74, 6) is 0.172. The van der Waals surface area contributed by atoms with Crippen molar-refractivity contribution in [2.24, 2.45) is 0 Å². The van der Waals surface area contributed by atoms with Gasteiger partial charge in [0.05, 0.1) is 7.11 Å². The number of hydrogen-bond donors (Lipinski definition) is 0. The highest BCUT2D eigenvalue weighted by molar-refractivity contribution is 6.09. The number of hydrogen-bond acceptors (Lipinski definition) is 4. The van der Waals surface area contributed by atoms with Crippen LogP contribution in [0.4, 0.5) is 0 Å². The van der Waals surface area contributed by atoms with E-state index in [1.54, 1.807) is 36.4 Å². The molecule has 0 amide bonds. The van der Waals surface area contributed by atoms with Gasteiger partial charge in [0.2, 0.25) is 5.60 Å². The van der Waals surface area contributed by atoms with Crippen LogP contribution in [0, 0.1) is 0 Å². The van der Waals surface area contributed by atoms with E-state index in [2.05, 4.69) is 0 Å². The molecule has 0 saturated heterocycles. The summed E-state index contributed by atoms with van der Waals surface area (Å²) < 4.78 is 10.5. The lowest BCUT2D eigenvalue weighted by Gasteiger charge is -2.15. The molecule has 4 heteroatoms. The number of ketones is 1. The van der Waals surface area contributed by atoms with Gasteiger partial charge in [-0.25, -0.2) is 4.79 Å². The highest BCUT2D eigenvalue weighted by Gasteiger charge is 2.54. The highest BCUT2D eigenvalue weighted by Crippen LogP contribution is 2.41. The third kappa shape index (κ3) is 2.72. The monoisotopic (exact) mass is 296 g/mol. The number of carbonyl (C=O) groups excluding carboxylic acids is 2. The quantitative estimate of drug-likeness (QED) is 0.628. The molecule has 1 aliphatic rings. The first-order valence-corrected chi connectivity index (χ1v) is 7.12. The lowest BCUT2D eigenvalue weighted by atomic mass is 10.0. The Morgan fingerprint density at radius 1 is 0.909 bits per heavy atom. The summed E-state index contributed by atoms with van der Waals surface area (Å²) in [6.45, 7) is 0. The fourth-order valence-electron chi connectivity index (χ4n) is 2.30. The lowest BCUT2D eigenvalue weighted by molar-refractivity contribution is -0.151. The lowest BCUT2D eigenvalue weighted by Crippen LogP contribution is -2.30. The Morgan fingerprint density at radius 3 is 2.05 bits per heavy atom.